The summed E-state index contributed by atoms with van der Waals surface area (Å²) in [5.41, 5.74) is -0.671. The first kappa shape index (κ1) is 14.2. The summed E-state index contributed by atoms with van der Waals surface area (Å²) in [6, 6.07) is 6.38. The van der Waals surface area contributed by atoms with Gasteiger partial charge in [-0.1, -0.05) is 6.07 Å². The van der Waals surface area contributed by atoms with E-state index in [1.54, 1.807) is 19.1 Å². The van der Waals surface area contributed by atoms with Gasteiger partial charge in [0.05, 0.1) is 6.54 Å². The smallest absolute Gasteiger partial charge is 0.257 e. The van der Waals surface area contributed by atoms with Gasteiger partial charge in [0, 0.05) is 0 Å². The number of aryl methyl sites for hydroxylation is 1. The van der Waals surface area contributed by atoms with Gasteiger partial charge in [0.2, 0.25) is 0 Å². The highest BCUT2D eigenvalue weighted by molar-refractivity contribution is 5.94. The molecule has 6 heteroatoms. The highest BCUT2D eigenvalue weighted by atomic mass is 19.1. The van der Waals surface area contributed by atoms with Crippen LogP contribution in [0.1, 0.15) is 28.0 Å². The second-order valence-electron chi connectivity index (χ2n) is 4.27. The van der Waals surface area contributed by atoms with Crippen LogP contribution in [-0.4, -0.2) is 17.6 Å². The second-order valence-corrected chi connectivity index (χ2v) is 4.27. The molecule has 2 N–H and O–H groups in total. The van der Waals surface area contributed by atoms with E-state index in [2.05, 4.69) is 5.32 Å². The fourth-order valence-electron chi connectivity index (χ4n) is 1.73. The topological polar surface area (TPSA) is 62.5 Å². The zero-order chi connectivity index (χ0) is 14.7. The van der Waals surface area contributed by atoms with Crippen LogP contribution in [0.2, 0.25) is 0 Å². The van der Waals surface area contributed by atoms with Gasteiger partial charge < -0.3 is 14.8 Å². The number of carbonyl (C=O) groups is 1. The third kappa shape index (κ3) is 3.03. The third-order valence-corrected chi connectivity index (χ3v) is 2.74. The first-order valence-electron chi connectivity index (χ1n) is 5.95. The summed E-state index contributed by atoms with van der Waals surface area (Å²) in [6.45, 7) is 1.50. The van der Waals surface area contributed by atoms with Crippen molar-refractivity contribution in [3.63, 3.8) is 0 Å². The maximum atomic E-state index is 13.4. The Labute approximate surface area is 114 Å². The normalized spacial score (nSPS) is 12.2. The molecule has 0 saturated heterocycles. The Morgan fingerprint density at radius 1 is 1.30 bits per heavy atom. The molecule has 0 radical (unpaired) electrons. The monoisotopic (exact) mass is 281 g/mol. The van der Waals surface area contributed by atoms with Crippen molar-refractivity contribution in [3.8, 4) is 0 Å². The summed E-state index contributed by atoms with van der Waals surface area (Å²) >= 11 is 0. The standard InChI is InChI=1S/C14H13F2NO3/c1-8-5-6-12(20-8)11(18)7-17-14(19)13-9(15)3-2-4-10(13)16/h2-6,11,18H,7H2,1H3,(H,17,19)/t11-/m0/s1. The Kier molecular flexibility index (Phi) is 4.14. The Morgan fingerprint density at radius 2 is 1.95 bits per heavy atom. The minimum Gasteiger partial charge on any atom is -0.464 e. The van der Waals surface area contributed by atoms with E-state index in [4.69, 9.17) is 4.42 Å². The molecule has 0 fully saturated rings. The molecular weight excluding hydrogens is 268 g/mol. The fraction of sp³-hybridized carbons (Fsp3) is 0.214. The molecule has 1 aromatic carbocycles. The Morgan fingerprint density at radius 3 is 2.50 bits per heavy atom. The number of hydrogen-bond acceptors (Lipinski definition) is 3. The molecular formula is C14H13F2NO3. The molecule has 2 aromatic rings. The number of furan rings is 1. The van der Waals surface area contributed by atoms with Crippen LogP contribution >= 0.6 is 0 Å². The molecule has 0 bridgehead atoms. The molecule has 0 spiro atoms. The van der Waals surface area contributed by atoms with Gasteiger partial charge in [-0.15, -0.1) is 0 Å². The van der Waals surface area contributed by atoms with Crippen LogP contribution in [0.4, 0.5) is 8.78 Å². The molecule has 0 aliphatic carbocycles. The summed E-state index contributed by atoms with van der Waals surface area (Å²) in [5.74, 6) is -1.94. The zero-order valence-electron chi connectivity index (χ0n) is 10.7. The average Bonchev–Trinajstić information content (AvgIpc) is 2.82. The van der Waals surface area contributed by atoms with E-state index >= 15 is 0 Å². The lowest BCUT2D eigenvalue weighted by Gasteiger charge is -2.10. The van der Waals surface area contributed by atoms with E-state index in [0.29, 0.717) is 5.76 Å². The van der Waals surface area contributed by atoms with Gasteiger partial charge >= 0.3 is 0 Å². The third-order valence-electron chi connectivity index (χ3n) is 2.74. The van der Waals surface area contributed by atoms with Crippen molar-refractivity contribution >= 4 is 5.91 Å². The minimum absolute atomic E-state index is 0.209. The van der Waals surface area contributed by atoms with Crippen molar-refractivity contribution in [1.82, 2.24) is 5.32 Å². The molecule has 1 amide bonds. The summed E-state index contributed by atoms with van der Waals surface area (Å²) in [6.07, 6.45) is -1.08. The predicted octanol–water partition coefficient (Wildman–Crippen LogP) is 2.33. The van der Waals surface area contributed by atoms with E-state index in [-0.39, 0.29) is 12.3 Å². The Hall–Kier alpha value is -2.21. The van der Waals surface area contributed by atoms with Gasteiger partial charge in [-0.05, 0) is 31.2 Å². The van der Waals surface area contributed by atoms with Gasteiger partial charge in [-0.3, -0.25) is 4.79 Å². The first-order chi connectivity index (χ1) is 9.49. The highest BCUT2D eigenvalue weighted by Crippen LogP contribution is 2.16. The van der Waals surface area contributed by atoms with Crippen LogP contribution in [0.5, 0.6) is 0 Å². The number of aliphatic hydroxyl groups is 1. The first-order valence-corrected chi connectivity index (χ1v) is 5.95. The zero-order valence-corrected chi connectivity index (χ0v) is 10.7. The molecule has 0 aliphatic heterocycles. The van der Waals surface area contributed by atoms with Gasteiger partial charge in [0.1, 0.15) is 34.8 Å². The summed E-state index contributed by atoms with van der Waals surface area (Å²) < 4.78 is 31.9. The Bertz CT molecular complexity index is 604. The molecule has 2 rings (SSSR count). The molecule has 0 unspecified atom stereocenters. The lowest BCUT2D eigenvalue weighted by molar-refractivity contribution is 0.0892. The maximum Gasteiger partial charge on any atom is 0.257 e. The molecule has 0 saturated carbocycles. The van der Waals surface area contributed by atoms with Gasteiger partial charge in [0.15, 0.2) is 0 Å². The summed E-state index contributed by atoms with van der Waals surface area (Å²) in [4.78, 5) is 11.7. The summed E-state index contributed by atoms with van der Waals surface area (Å²) in [7, 11) is 0. The largest absolute Gasteiger partial charge is 0.464 e. The van der Waals surface area contributed by atoms with Crippen LogP contribution in [0.3, 0.4) is 0 Å². The number of rotatable bonds is 4. The molecule has 4 nitrogen and oxygen atoms in total. The van der Waals surface area contributed by atoms with Crippen LogP contribution in [-0.2, 0) is 0 Å². The number of nitrogens with one attached hydrogen (secondary N) is 1. The van der Waals surface area contributed by atoms with Crippen LogP contribution in [0.15, 0.2) is 34.7 Å². The molecule has 1 aromatic heterocycles. The van der Waals surface area contributed by atoms with Crippen molar-refractivity contribution in [2.45, 2.75) is 13.0 Å². The highest BCUT2D eigenvalue weighted by Gasteiger charge is 2.19. The molecule has 106 valence electrons. The second kappa shape index (κ2) is 5.83. The van der Waals surface area contributed by atoms with Crippen LogP contribution < -0.4 is 5.32 Å². The van der Waals surface area contributed by atoms with Crippen molar-refractivity contribution in [3.05, 3.63) is 59.1 Å². The fourth-order valence-corrected chi connectivity index (χ4v) is 1.73. The molecule has 1 atom stereocenters. The number of aliphatic hydroxyl groups excluding tert-OH is 1. The van der Waals surface area contributed by atoms with Crippen molar-refractivity contribution in [1.29, 1.82) is 0 Å². The van der Waals surface area contributed by atoms with Crippen molar-refractivity contribution in [2.24, 2.45) is 0 Å². The van der Waals surface area contributed by atoms with Crippen LogP contribution in [0.25, 0.3) is 0 Å². The van der Waals surface area contributed by atoms with E-state index in [0.717, 1.165) is 12.1 Å². The lowest BCUT2D eigenvalue weighted by atomic mass is 10.1. The average molecular weight is 281 g/mol. The minimum atomic E-state index is -1.08. The van der Waals surface area contributed by atoms with Gasteiger partial charge in [0.25, 0.3) is 5.91 Å². The lowest BCUT2D eigenvalue weighted by Crippen LogP contribution is -2.29. The van der Waals surface area contributed by atoms with E-state index in [1.807, 2.05) is 0 Å². The Balaban J connectivity index is 2.02. The van der Waals surface area contributed by atoms with Gasteiger partial charge in [-0.25, -0.2) is 8.78 Å². The predicted molar refractivity (Wildman–Crippen MR) is 67.1 cm³/mol. The van der Waals surface area contributed by atoms with E-state index in [9.17, 15) is 18.7 Å². The van der Waals surface area contributed by atoms with E-state index < -0.39 is 29.2 Å². The van der Waals surface area contributed by atoms with Crippen LogP contribution in [0, 0.1) is 18.6 Å². The van der Waals surface area contributed by atoms with Crippen molar-refractivity contribution in [2.75, 3.05) is 6.54 Å². The van der Waals surface area contributed by atoms with Crippen molar-refractivity contribution < 1.29 is 23.1 Å². The molecule has 20 heavy (non-hydrogen) atoms. The molecule has 1 heterocycles. The quantitative estimate of drug-likeness (QED) is 0.904. The number of hydrogen-bond donors (Lipinski definition) is 2. The van der Waals surface area contributed by atoms with E-state index in [1.165, 1.54) is 6.07 Å². The number of amides is 1. The summed E-state index contributed by atoms with van der Waals surface area (Å²) in [5, 5.41) is 12.0. The number of benzene rings is 1. The number of halogens is 2. The number of carbonyl (C=O) groups excluding carboxylic acids is 1. The molecule has 0 aliphatic rings. The SMILES string of the molecule is Cc1ccc([C@@H](O)CNC(=O)c2c(F)cccc2F)o1. The van der Waals surface area contributed by atoms with Gasteiger partial charge in [-0.2, -0.15) is 0 Å². The maximum absolute atomic E-state index is 13.4.